The number of fused-ring (bicyclic) bond motifs is 1. The van der Waals surface area contributed by atoms with Gasteiger partial charge in [-0.25, -0.2) is 14.8 Å². The second-order valence-corrected chi connectivity index (χ2v) is 8.36. The molecule has 0 bridgehead atoms. The van der Waals surface area contributed by atoms with Crippen molar-refractivity contribution in [2.24, 2.45) is 0 Å². The van der Waals surface area contributed by atoms with Gasteiger partial charge in [0.1, 0.15) is 11.4 Å². The molecule has 1 unspecified atom stereocenters. The van der Waals surface area contributed by atoms with Gasteiger partial charge in [0.2, 0.25) is 0 Å². The first-order chi connectivity index (χ1) is 13.9. The van der Waals surface area contributed by atoms with Gasteiger partial charge in [-0.15, -0.1) is 0 Å². The van der Waals surface area contributed by atoms with E-state index in [0.29, 0.717) is 25.3 Å². The zero-order valence-corrected chi connectivity index (χ0v) is 17.8. The van der Waals surface area contributed by atoms with Crippen molar-refractivity contribution in [1.29, 1.82) is 0 Å². The summed E-state index contributed by atoms with van der Waals surface area (Å²) in [5.41, 5.74) is 1.22. The van der Waals surface area contributed by atoms with Crippen LogP contribution in [0.4, 0.5) is 4.79 Å². The lowest BCUT2D eigenvalue weighted by atomic mass is 10.1. The summed E-state index contributed by atoms with van der Waals surface area (Å²) in [6, 6.07) is 5.84. The number of methoxy groups -OCH3 is 1. The highest BCUT2D eigenvalue weighted by Gasteiger charge is 2.30. The van der Waals surface area contributed by atoms with E-state index in [2.05, 4.69) is 9.97 Å². The molecule has 1 aliphatic heterocycles. The van der Waals surface area contributed by atoms with Crippen LogP contribution >= 0.6 is 0 Å². The Balaban J connectivity index is 1.40. The van der Waals surface area contributed by atoms with Crippen molar-refractivity contribution < 1.29 is 19.0 Å². The number of carbonyl (C=O) groups is 1. The third-order valence-electron chi connectivity index (χ3n) is 4.80. The highest BCUT2D eigenvalue weighted by Crippen LogP contribution is 2.24. The molecule has 1 saturated heterocycles. The Morgan fingerprint density at radius 1 is 1.31 bits per heavy atom. The van der Waals surface area contributed by atoms with E-state index in [1.54, 1.807) is 18.2 Å². The maximum Gasteiger partial charge on any atom is 0.410 e. The van der Waals surface area contributed by atoms with Crippen LogP contribution in [0.2, 0.25) is 0 Å². The molecule has 0 radical (unpaired) electrons. The third-order valence-corrected chi connectivity index (χ3v) is 4.80. The fourth-order valence-electron chi connectivity index (χ4n) is 3.39. The molecule has 1 amide bonds. The molecule has 0 saturated carbocycles. The first kappa shape index (κ1) is 21.3. The molecule has 1 atom stereocenters. The molecular formula is C22H31N3O4. The molecule has 158 valence electrons. The van der Waals surface area contributed by atoms with Crippen molar-refractivity contribution in [3.63, 3.8) is 0 Å². The van der Waals surface area contributed by atoms with E-state index in [4.69, 9.17) is 14.2 Å². The normalized spacial score (nSPS) is 17.0. The van der Waals surface area contributed by atoms with Gasteiger partial charge < -0.3 is 19.1 Å². The zero-order chi connectivity index (χ0) is 20.9. The van der Waals surface area contributed by atoms with Crippen LogP contribution in [0.5, 0.6) is 5.75 Å². The molecule has 7 heteroatoms. The van der Waals surface area contributed by atoms with Crippen molar-refractivity contribution in [2.45, 2.75) is 58.2 Å². The summed E-state index contributed by atoms with van der Waals surface area (Å²) in [5.74, 6) is 0.808. The van der Waals surface area contributed by atoms with Gasteiger partial charge >= 0.3 is 6.09 Å². The van der Waals surface area contributed by atoms with Crippen LogP contribution in [0.25, 0.3) is 11.0 Å². The summed E-state index contributed by atoms with van der Waals surface area (Å²) in [7, 11) is 1.67. The van der Waals surface area contributed by atoms with Gasteiger partial charge in [0.15, 0.2) is 5.65 Å². The van der Waals surface area contributed by atoms with Crippen molar-refractivity contribution in [2.75, 3.05) is 26.8 Å². The quantitative estimate of drug-likeness (QED) is 0.653. The van der Waals surface area contributed by atoms with E-state index in [9.17, 15) is 4.79 Å². The number of rotatable bonds is 7. The van der Waals surface area contributed by atoms with Gasteiger partial charge in [0, 0.05) is 31.1 Å². The standard InChI is InChI=1S/C22H31N3O4/c1-22(2,3)29-21(26)25-12-10-17(15-25)28-13-6-5-8-16-14-19(27-4)18-9-7-11-23-20(18)24-16/h7,9,11,14,17H,5-6,8,10,12-13,15H2,1-4H3. The number of pyridine rings is 2. The Kier molecular flexibility index (Phi) is 6.90. The number of unbranched alkanes of at least 4 members (excludes halogenated alkanes) is 1. The molecule has 3 heterocycles. The van der Waals surface area contributed by atoms with Crippen molar-refractivity contribution in [1.82, 2.24) is 14.9 Å². The Morgan fingerprint density at radius 3 is 2.90 bits per heavy atom. The van der Waals surface area contributed by atoms with Crippen LogP contribution < -0.4 is 4.74 Å². The molecule has 1 fully saturated rings. The van der Waals surface area contributed by atoms with E-state index in [-0.39, 0.29) is 12.2 Å². The lowest BCUT2D eigenvalue weighted by molar-refractivity contribution is 0.0207. The number of nitrogens with zero attached hydrogens (tertiary/aromatic N) is 3. The van der Waals surface area contributed by atoms with Gasteiger partial charge in [-0.3, -0.25) is 0 Å². The molecule has 0 spiro atoms. The summed E-state index contributed by atoms with van der Waals surface area (Å²) in [4.78, 5) is 22.8. The van der Waals surface area contributed by atoms with Crippen molar-refractivity contribution in [3.05, 3.63) is 30.1 Å². The fraction of sp³-hybridized carbons (Fsp3) is 0.591. The SMILES string of the molecule is COc1cc(CCCCOC2CCN(C(=O)OC(C)(C)C)C2)nc2ncccc12. The molecule has 3 rings (SSSR count). The highest BCUT2D eigenvalue weighted by molar-refractivity contribution is 5.81. The predicted molar refractivity (Wildman–Crippen MR) is 111 cm³/mol. The van der Waals surface area contributed by atoms with Crippen LogP contribution in [0.1, 0.15) is 45.7 Å². The topological polar surface area (TPSA) is 73.8 Å². The minimum Gasteiger partial charge on any atom is -0.496 e. The minimum atomic E-state index is -0.467. The van der Waals surface area contributed by atoms with Gasteiger partial charge in [0.05, 0.1) is 25.1 Å². The van der Waals surface area contributed by atoms with Crippen LogP contribution in [0.15, 0.2) is 24.4 Å². The van der Waals surface area contributed by atoms with Gasteiger partial charge in [-0.1, -0.05) is 0 Å². The molecular weight excluding hydrogens is 370 g/mol. The smallest absolute Gasteiger partial charge is 0.410 e. The first-order valence-electron chi connectivity index (χ1n) is 10.2. The summed E-state index contributed by atoms with van der Waals surface area (Å²) < 4.78 is 16.9. The van der Waals surface area contributed by atoms with Gasteiger partial charge in [-0.2, -0.15) is 0 Å². The number of ether oxygens (including phenoxy) is 3. The van der Waals surface area contributed by atoms with Crippen LogP contribution in [0.3, 0.4) is 0 Å². The average molecular weight is 402 g/mol. The summed E-state index contributed by atoms with van der Waals surface area (Å²) in [6.07, 6.45) is 5.19. The van der Waals surface area contributed by atoms with Crippen molar-refractivity contribution in [3.8, 4) is 5.75 Å². The van der Waals surface area contributed by atoms with E-state index in [0.717, 1.165) is 42.5 Å². The monoisotopic (exact) mass is 401 g/mol. The largest absolute Gasteiger partial charge is 0.496 e. The van der Waals surface area contributed by atoms with Crippen LogP contribution in [0, 0.1) is 0 Å². The van der Waals surface area contributed by atoms with Crippen molar-refractivity contribution >= 4 is 17.1 Å². The van der Waals surface area contributed by atoms with E-state index in [1.807, 2.05) is 39.0 Å². The Bertz CT molecular complexity index is 834. The maximum absolute atomic E-state index is 12.1. The Hall–Kier alpha value is -2.41. The van der Waals surface area contributed by atoms with Gasteiger partial charge in [0.25, 0.3) is 0 Å². The zero-order valence-electron chi connectivity index (χ0n) is 17.8. The number of aromatic nitrogens is 2. The highest BCUT2D eigenvalue weighted by atomic mass is 16.6. The van der Waals surface area contributed by atoms with Crippen LogP contribution in [-0.4, -0.2) is 59.5 Å². The number of hydrogen-bond donors (Lipinski definition) is 0. The van der Waals surface area contributed by atoms with Gasteiger partial charge in [-0.05, 0) is 58.6 Å². The fourth-order valence-corrected chi connectivity index (χ4v) is 3.39. The predicted octanol–water partition coefficient (Wildman–Crippen LogP) is 3.99. The number of likely N-dealkylation sites (tertiary alicyclic amines) is 1. The molecule has 0 aliphatic carbocycles. The van der Waals surface area contributed by atoms with E-state index >= 15 is 0 Å². The molecule has 0 N–H and O–H groups in total. The van der Waals surface area contributed by atoms with Crippen LogP contribution in [-0.2, 0) is 15.9 Å². The number of amides is 1. The van der Waals surface area contributed by atoms with E-state index in [1.165, 1.54) is 0 Å². The minimum absolute atomic E-state index is 0.0885. The Morgan fingerprint density at radius 2 is 2.14 bits per heavy atom. The third kappa shape index (κ3) is 6.03. The number of aryl methyl sites for hydroxylation is 1. The molecule has 7 nitrogen and oxygen atoms in total. The number of hydrogen-bond acceptors (Lipinski definition) is 6. The lowest BCUT2D eigenvalue weighted by Gasteiger charge is -2.24. The maximum atomic E-state index is 12.1. The number of carbonyl (C=O) groups excluding carboxylic acids is 1. The summed E-state index contributed by atoms with van der Waals surface area (Å²) in [5, 5.41) is 0.929. The Labute approximate surface area is 172 Å². The second kappa shape index (κ2) is 9.39. The molecule has 2 aromatic rings. The molecule has 1 aliphatic rings. The first-order valence-corrected chi connectivity index (χ1v) is 10.2. The summed E-state index contributed by atoms with van der Waals surface area (Å²) in [6.45, 7) is 7.61. The second-order valence-electron chi connectivity index (χ2n) is 8.36. The lowest BCUT2D eigenvalue weighted by Crippen LogP contribution is -2.36. The molecule has 2 aromatic heterocycles. The average Bonchev–Trinajstić information content (AvgIpc) is 3.15. The van der Waals surface area contributed by atoms with E-state index < -0.39 is 5.60 Å². The molecule has 29 heavy (non-hydrogen) atoms. The molecule has 0 aromatic carbocycles. The summed E-state index contributed by atoms with van der Waals surface area (Å²) >= 11 is 0.